The molecule has 0 aliphatic heterocycles. The van der Waals surface area contributed by atoms with Gasteiger partial charge in [0.1, 0.15) is 0 Å². The van der Waals surface area contributed by atoms with Gasteiger partial charge in [0.2, 0.25) is 0 Å². The normalized spacial score (nSPS) is 10.8. The molecule has 0 bridgehead atoms. The zero-order valence-corrected chi connectivity index (χ0v) is 10.1. The van der Waals surface area contributed by atoms with E-state index in [1.54, 1.807) is 7.05 Å². The first-order valence-electron chi connectivity index (χ1n) is 5.36. The van der Waals surface area contributed by atoms with E-state index in [4.69, 9.17) is 0 Å². The summed E-state index contributed by atoms with van der Waals surface area (Å²) in [4.78, 5) is 15.1. The van der Waals surface area contributed by atoms with Crippen molar-refractivity contribution in [3.8, 4) is 0 Å². The van der Waals surface area contributed by atoms with Crippen molar-refractivity contribution in [2.24, 2.45) is 0 Å². The third-order valence-corrected chi connectivity index (χ3v) is 3.01. The predicted molar refractivity (Wildman–Crippen MR) is 65.9 cm³/mol. The number of carbonyl (C=O) groups excluding carboxylic acids is 1. The fourth-order valence-electron chi connectivity index (χ4n) is 2.14. The van der Waals surface area contributed by atoms with E-state index in [1.807, 2.05) is 20.8 Å². The fourth-order valence-corrected chi connectivity index (χ4v) is 2.14. The Bertz CT molecular complexity index is 567. The van der Waals surface area contributed by atoms with Gasteiger partial charge in [-0.15, -0.1) is 0 Å². The third kappa shape index (κ3) is 1.40. The van der Waals surface area contributed by atoms with E-state index in [0.29, 0.717) is 0 Å². The molecule has 0 fully saturated rings. The molecular formula is C13H16N2O. The van der Waals surface area contributed by atoms with Crippen LogP contribution in [0.4, 0.5) is 0 Å². The van der Waals surface area contributed by atoms with Crippen LogP contribution in [0.1, 0.15) is 27.2 Å². The minimum atomic E-state index is -0.0301. The van der Waals surface area contributed by atoms with E-state index in [-0.39, 0.29) is 5.91 Å². The Balaban J connectivity index is 2.88. The van der Waals surface area contributed by atoms with Gasteiger partial charge in [-0.05, 0) is 31.9 Å². The van der Waals surface area contributed by atoms with Crippen LogP contribution in [0.25, 0.3) is 10.9 Å². The number of hydrogen-bond acceptors (Lipinski definition) is 1. The van der Waals surface area contributed by atoms with Crippen molar-refractivity contribution in [1.82, 2.24) is 10.3 Å². The van der Waals surface area contributed by atoms with E-state index in [9.17, 15) is 4.79 Å². The number of fused-ring (bicyclic) bond motifs is 1. The van der Waals surface area contributed by atoms with Gasteiger partial charge in [-0.1, -0.05) is 12.1 Å². The first-order chi connectivity index (χ1) is 7.56. The maximum atomic E-state index is 11.8. The van der Waals surface area contributed by atoms with Crippen molar-refractivity contribution >= 4 is 16.8 Å². The number of aromatic amines is 1. The van der Waals surface area contributed by atoms with Gasteiger partial charge in [-0.3, -0.25) is 4.79 Å². The van der Waals surface area contributed by atoms with Crippen LogP contribution in [0.2, 0.25) is 0 Å². The van der Waals surface area contributed by atoms with Crippen LogP contribution in [-0.2, 0) is 0 Å². The maximum Gasteiger partial charge on any atom is 0.253 e. The van der Waals surface area contributed by atoms with E-state index in [1.165, 1.54) is 5.56 Å². The lowest BCUT2D eigenvalue weighted by atomic mass is 10.0. The van der Waals surface area contributed by atoms with Gasteiger partial charge in [0.05, 0.1) is 5.56 Å². The van der Waals surface area contributed by atoms with E-state index < -0.39 is 0 Å². The predicted octanol–water partition coefficient (Wildman–Crippen LogP) is 2.45. The minimum Gasteiger partial charge on any atom is -0.358 e. The van der Waals surface area contributed by atoms with Gasteiger partial charge in [0, 0.05) is 23.6 Å². The average molecular weight is 216 g/mol. The Morgan fingerprint density at radius 3 is 2.44 bits per heavy atom. The Morgan fingerprint density at radius 2 is 1.81 bits per heavy atom. The first-order valence-corrected chi connectivity index (χ1v) is 5.36. The smallest absolute Gasteiger partial charge is 0.253 e. The zero-order valence-electron chi connectivity index (χ0n) is 10.1. The molecule has 0 aliphatic rings. The van der Waals surface area contributed by atoms with Crippen molar-refractivity contribution in [2.45, 2.75) is 20.8 Å². The number of benzene rings is 1. The molecule has 0 atom stereocenters. The number of hydrogen-bond donors (Lipinski definition) is 2. The van der Waals surface area contributed by atoms with Crippen LogP contribution in [0.3, 0.4) is 0 Å². The Morgan fingerprint density at radius 1 is 1.19 bits per heavy atom. The highest BCUT2D eigenvalue weighted by Gasteiger charge is 2.17. The Kier molecular flexibility index (Phi) is 2.46. The molecule has 84 valence electrons. The van der Waals surface area contributed by atoms with Crippen LogP contribution in [0.15, 0.2) is 12.1 Å². The molecule has 1 aromatic heterocycles. The summed E-state index contributed by atoms with van der Waals surface area (Å²) < 4.78 is 0. The fraction of sp³-hybridized carbons (Fsp3) is 0.308. The second kappa shape index (κ2) is 3.67. The Labute approximate surface area is 94.9 Å². The molecule has 3 heteroatoms. The molecular weight excluding hydrogens is 200 g/mol. The molecule has 0 aliphatic carbocycles. The summed E-state index contributed by atoms with van der Waals surface area (Å²) in [5.41, 5.74) is 5.05. The van der Waals surface area contributed by atoms with E-state index in [2.05, 4.69) is 22.4 Å². The lowest BCUT2D eigenvalue weighted by Gasteiger charge is -2.03. The SMILES string of the molecule is CNC(=O)c1c(C)[nH]c2c(C)ccc(C)c12. The molecule has 0 radical (unpaired) electrons. The molecule has 16 heavy (non-hydrogen) atoms. The zero-order chi connectivity index (χ0) is 11.9. The molecule has 1 aromatic carbocycles. The molecule has 0 saturated heterocycles. The number of amides is 1. The van der Waals surface area contributed by atoms with Gasteiger partial charge in [-0.2, -0.15) is 0 Å². The number of carbonyl (C=O) groups is 1. The lowest BCUT2D eigenvalue weighted by Crippen LogP contribution is -2.18. The highest BCUT2D eigenvalue weighted by atomic mass is 16.1. The second-order valence-electron chi connectivity index (χ2n) is 4.15. The summed E-state index contributed by atoms with van der Waals surface area (Å²) in [7, 11) is 1.66. The lowest BCUT2D eigenvalue weighted by molar-refractivity contribution is 0.0964. The minimum absolute atomic E-state index is 0.0301. The van der Waals surface area contributed by atoms with Crippen molar-refractivity contribution in [1.29, 1.82) is 0 Å². The number of aryl methyl sites for hydroxylation is 3. The maximum absolute atomic E-state index is 11.8. The first kappa shape index (κ1) is 10.7. The van der Waals surface area contributed by atoms with E-state index in [0.717, 1.165) is 27.7 Å². The largest absolute Gasteiger partial charge is 0.358 e. The van der Waals surface area contributed by atoms with Crippen LogP contribution in [-0.4, -0.2) is 17.9 Å². The van der Waals surface area contributed by atoms with Crippen molar-refractivity contribution in [3.63, 3.8) is 0 Å². The molecule has 2 N–H and O–H groups in total. The van der Waals surface area contributed by atoms with Gasteiger partial charge >= 0.3 is 0 Å². The second-order valence-corrected chi connectivity index (χ2v) is 4.15. The van der Waals surface area contributed by atoms with Gasteiger partial charge in [-0.25, -0.2) is 0 Å². The van der Waals surface area contributed by atoms with Gasteiger partial charge in [0.25, 0.3) is 5.91 Å². The quantitative estimate of drug-likeness (QED) is 0.755. The summed E-state index contributed by atoms with van der Waals surface area (Å²) in [6, 6.07) is 4.12. The number of nitrogens with one attached hydrogen (secondary N) is 2. The summed E-state index contributed by atoms with van der Waals surface area (Å²) >= 11 is 0. The molecule has 1 amide bonds. The summed E-state index contributed by atoms with van der Waals surface area (Å²) in [6.45, 7) is 6.01. The molecule has 2 rings (SSSR count). The highest BCUT2D eigenvalue weighted by Crippen LogP contribution is 2.27. The molecule has 0 saturated carbocycles. The summed E-state index contributed by atoms with van der Waals surface area (Å²) in [5, 5.41) is 3.73. The third-order valence-electron chi connectivity index (χ3n) is 3.01. The summed E-state index contributed by atoms with van der Waals surface area (Å²) in [6.07, 6.45) is 0. The monoisotopic (exact) mass is 216 g/mol. The van der Waals surface area contributed by atoms with Crippen LogP contribution in [0.5, 0.6) is 0 Å². The average Bonchev–Trinajstić information content (AvgIpc) is 2.61. The van der Waals surface area contributed by atoms with Gasteiger partial charge in [0.15, 0.2) is 0 Å². The van der Waals surface area contributed by atoms with Crippen LogP contribution < -0.4 is 5.32 Å². The molecule has 0 spiro atoms. The number of rotatable bonds is 1. The molecule has 2 aromatic rings. The number of H-pyrrole nitrogens is 1. The molecule has 1 heterocycles. The number of aromatic nitrogens is 1. The van der Waals surface area contributed by atoms with Crippen LogP contribution in [0, 0.1) is 20.8 Å². The highest BCUT2D eigenvalue weighted by molar-refractivity contribution is 6.09. The van der Waals surface area contributed by atoms with Gasteiger partial charge < -0.3 is 10.3 Å². The molecule has 3 nitrogen and oxygen atoms in total. The summed E-state index contributed by atoms with van der Waals surface area (Å²) in [5.74, 6) is -0.0301. The van der Waals surface area contributed by atoms with E-state index >= 15 is 0 Å². The van der Waals surface area contributed by atoms with Crippen LogP contribution >= 0.6 is 0 Å². The van der Waals surface area contributed by atoms with Crippen molar-refractivity contribution in [3.05, 3.63) is 34.5 Å². The molecule has 0 unspecified atom stereocenters. The Hall–Kier alpha value is -1.77. The topological polar surface area (TPSA) is 44.9 Å². The van der Waals surface area contributed by atoms with Crippen molar-refractivity contribution in [2.75, 3.05) is 7.05 Å². The van der Waals surface area contributed by atoms with Crippen molar-refractivity contribution < 1.29 is 4.79 Å². The standard InChI is InChI=1S/C13H16N2O/c1-7-5-6-8(2)12-10(7)11(9(3)15-12)13(16)14-4/h5-6,15H,1-4H3,(H,14,16).